The lowest BCUT2D eigenvalue weighted by atomic mass is 10.3. The van der Waals surface area contributed by atoms with E-state index in [4.69, 9.17) is 0 Å². The molecule has 0 aliphatic heterocycles. The first-order valence-corrected chi connectivity index (χ1v) is 5.13. The summed E-state index contributed by atoms with van der Waals surface area (Å²) in [7, 11) is 0. The Balaban J connectivity index is 2.77. The van der Waals surface area contributed by atoms with Gasteiger partial charge in [-0.15, -0.1) is 11.8 Å². The van der Waals surface area contributed by atoms with Crippen molar-refractivity contribution in [3.8, 4) is 0 Å². The summed E-state index contributed by atoms with van der Waals surface area (Å²) in [5.41, 5.74) is 0. The molecule has 0 N–H and O–H groups in total. The molecule has 1 unspecified atom stereocenters. The van der Waals surface area contributed by atoms with E-state index in [9.17, 15) is 8.78 Å². The molecule has 1 aromatic rings. The highest BCUT2D eigenvalue weighted by atomic mass is 32.2. The second kappa shape index (κ2) is 4.61. The van der Waals surface area contributed by atoms with Gasteiger partial charge in [-0.1, -0.05) is 13.8 Å². The van der Waals surface area contributed by atoms with Crippen molar-refractivity contribution >= 4 is 11.8 Å². The summed E-state index contributed by atoms with van der Waals surface area (Å²) in [6.45, 7) is 4.06. The molecule has 0 fully saturated rings. The van der Waals surface area contributed by atoms with Gasteiger partial charge in [0, 0.05) is 16.2 Å². The van der Waals surface area contributed by atoms with Gasteiger partial charge in [0.2, 0.25) is 0 Å². The van der Waals surface area contributed by atoms with Crippen molar-refractivity contribution in [1.82, 2.24) is 0 Å². The highest BCUT2D eigenvalue weighted by Crippen LogP contribution is 2.27. The lowest BCUT2D eigenvalue weighted by molar-refractivity contribution is 0.565. The summed E-state index contributed by atoms with van der Waals surface area (Å²) >= 11 is 1.44. The van der Waals surface area contributed by atoms with Crippen molar-refractivity contribution in [2.45, 2.75) is 30.4 Å². The van der Waals surface area contributed by atoms with Crippen molar-refractivity contribution in [2.24, 2.45) is 0 Å². The van der Waals surface area contributed by atoms with Gasteiger partial charge in [-0.3, -0.25) is 0 Å². The molecule has 0 saturated carbocycles. The number of benzene rings is 1. The zero-order valence-electron chi connectivity index (χ0n) is 7.68. The van der Waals surface area contributed by atoms with Crippen LogP contribution < -0.4 is 0 Å². The van der Waals surface area contributed by atoms with Crippen LogP contribution in [0.1, 0.15) is 20.3 Å². The molecule has 72 valence electrons. The Morgan fingerprint density at radius 3 is 2.62 bits per heavy atom. The monoisotopic (exact) mass is 202 g/mol. The number of thioether (sulfide) groups is 1. The summed E-state index contributed by atoms with van der Waals surface area (Å²) in [6, 6.07) is 3.69. The van der Waals surface area contributed by atoms with E-state index in [1.54, 1.807) is 0 Å². The van der Waals surface area contributed by atoms with Crippen LogP contribution in [-0.2, 0) is 0 Å². The van der Waals surface area contributed by atoms with Crippen LogP contribution in [0.2, 0.25) is 0 Å². The molecule has 1 atom stereocenters. The molecule has 0 saturated heterocycles. The minimum atomic E-state index is -0.522. The van der Waals surface area contributed by atoms with Crippen molar-refractivity contribution in [3.05, 3.63) is 29.8 Å². The quantitative estimate of drug-likeness (QED) is 0.671. The first-order valence-electron chi connectivity index (χ1n) is 4.25. The zero-order valence-corrected chi connectivity index (χ0v) is 8.50. The predicted octanol–water partition coefficient (Wildman–Crippen LogP) is 3.86. The SMILES string of the molecule is CCC(C)Sc1ccc(F)cc1F. The van der Waals surface area contributed by atoms with Gasteiger partial charge in [-0.25, -0.2) is 8.78 Å². The second-order valence-electron chi connectivity index (χ2n) is 2.91. The topological polar surface area (TPSA) is 0 Å². The van der Waals surface area contributed by atoms with E-state index in [2.05, 4.69) is 0 Å². The lowest BCUT2D eigenvalue weighted by Crippen LogP contribution is -1.94. The molecule has 0 aliphatic carbocycles. The Hall–Kier alpha value is -0.570. The van der Waals surface area contributed by atoms with E-state index in [0.717, 1.165) is 12.5 Å². The number of hydrogen-bond donors (Lipinski definition) is 0. The van der Waals surface area contributed by atoms with E-state index in [1.165, 1.54) is 23.9 Å². The molecule has 3 heteroatoms. The minimum Gasteiger partial charge on any atom is -0.207 e. The Kier molecular flexibility index (Phi) is 3.72. The van der Waals surface area contributed by atoms with E-state index in [1.807, 2.05) is 13.8 Å². The molecule has 0 amide bonds. The van der Waals surface area contributed by atoms with Crippen LogP contribution in [0.15, 0.2) is 23.1 Å². The van der Waals surface area contributed by atoms with Crippen LogP contribution in [0.4, 0.5) is 8.78 Å². The number of rotatable bonds is 3. The third kappa shape index (κ3) is 2.99. The maximum atomic E-state index is 13.1. The summed E-state index contributed by atoms with van der Waals surface area (Å²) in [5.74, 6) is -0.990. The van der Waals surface area contributed by atoms with Gasteiger partial charge in [0.05, 0.1) is 0 Å². The highest BCUT2D eigenvalue weighted by Gasteiger charge is 2.07. The van der Waals surface area contributed by atoms with Gasteiger partial charge in [0.25, 0.3) is 0 Å². The van der Waals surface area contributed by atoms with E-state index < -0.39 is 11.6 Å². The van der Waals surface area contributed by atoms with E-state index in [0.29, 0.717) is 10.1 Å². The Labute approximate surface area is 81.3 Å². The Morgan fingerprint density at radius 2 is 2.08 bits per heavy atom. The molecule has 0 bridgehead atoms. The highest BCUT2D eigenvalue weighted by molar-refractivity contribution is 7.99. The molecule has 0 heterocycles. The van der Waals surface area contributed by atoms with Gasteiger partial charge in [0.15, 0.2) is 0 Å². The Bertz CT molecular complexity index is 286. The molecule has 0 spiro atoms. The molecular weight excluding hydrogens is 190 g/mol. The lowest BCUT2D eigenvalue weighted by Gasteiger charge is -2.08. The summed E-state index contributed by atoms with van der Waals surface area (Å²) in [4.78, 5) is 0.524. The van der Waals surface area contributed by atoms with Crippen LogP contribution in [0.5, 0.6) is 0 Å². The minimum absolute atomic E-state index is 0.361. The fourth-order valence-electron chi connectivity index (χ4n) is 0.871. The molecule has 13 heavy (non-hydrogen) atoms. The Morgan fingerprint density at radius 1 is 1.38 bits per heavy atom. The maximum Gasteiger partial charge on any atom is 0.139 e. The van der Waals surface area contributed by atoms with Crippen LogP contribution in [-0.4, -0.2) is 5.25 Å². The van der Waals surface area contributed by atoms with Crippen LogP contribution >= 0.6 is 11.8 Å². The second-order valence-corrected chi connectivity index (χ2v) is 4.39. The normalized spacial score (nSPS) is 12.9. The molecular formula is C10H12F2S. The van der Waals surface area contributed by atoms with Gasteiger partial charge < -0.3 is 0 Å². The molecule has 0 aliphatic rings. The van der Waals surface area contributed by atoms with Crippen molar-refractivity contribution in [1.29, 1.82) is 0 Å². The number of halogens is 2. The van der Waals surface area contributed by atoms with Gasteiger partial charge in [-0.05, 0) is 18.6 Å². The average molecular weight is 202 g/mol. The zero-order chi connectivity index (χ0) is 9.84. The van der Waals surface area contributed by atoms with Gasteiger partial charge in [-0.2, -0.15) is 0 Å². The van der Waals surface area contributed by atoms with Crippen molar-refractivity contribution in [3.63, 3.8) is 0 Å². The molecule has 0 radical (unpaired) electrons. The van der Waals surface area contributed by atoms with E-state index >= 15 is 0 Å². The average Bonchev–Trinajstić information content (AvgIpc) is 2.09. The third-order valence-corrected chi connectivity index (χ3v) is 3.12. The van der Waals surface area contributed by atoms with E-state index in [-0.39, 0.29) is 0 Å². The van der Waals surface area contributed by atoms with Crippen molar-refractivity contribution in [2.75, 3.05) is 0 Å². The van der Waals surface area contributed by atoms with Crippen LogP contribution in [0, 0.1) is 11.6 Å². The summed E-state index contributed by atoms with van der Waals surface area (Å²) in [6.07, 6.45) is 0.974. The number of hydrogen-bond acceptors (Lipinski definition) is 1. The van der Waals surface area contributed by atoms with Crippen molar-refractivity contribution < 1.29 is 8.78 Å². The molecule has 0 nitrogen and oxygen atoms in total. The smallest absolute Gasteiger partial charge is 0.139 e. The summed E-state index contributed by atoms with van der Waals surface area (Å²) < 4.78 is 25.6. The van der Waals surface area contributed by atoms with Crippen LogP contribution in [0.25, 0.3) is 0 Å². The van der Waals surface area contributed by atoms with Crippen LogP contribution in [0.3, 0.4) is 0 Å². The largest absolute Gasteiger partial charge is 0.207 e. The third-order valence-electron chi connectivity index (χ3n) is 1.80. The fourth-order valence-corrected chi connectivity index (χ4v) is 1.79. The van der Waals surface area contributed by atoms with Gasteiger partial charge in [0.1, 0.15) is 11.6 Å². The fraction of sp³-hybridized carbons (Fsp3) is 0.400. The summed E-state index contributed by atoms with van der Waals surface area (Å²) in [5, 5.41) is 0.361. The first kappa shape index (κ1) is 10.5. The molecule has 1 aromatic carbocycles. The molecule has 1 rings (SSSR count). The standard InChI is InChI=1S/C10H12F2S/c1-3-7(2)13-10-5-4-8(11)6-9(10)12/h4-7H,3H2,1-2H3. The van der Waals surface area contributed by atoms with Gasteiger partial charge >= 0.3 is 0 Å². The maximum absolute atomic E-state index is 13.1. The predicted molar refractivity (Wildman–Crippen MR) is 52.0 cm³/mol. The molecule has 0 aromatic heterocycles. The first-order chi connectivity index (χ1) is 6.13.